The van der Waals surface area contributed by atoms with Crippen LogP contribution in [-0.4, -0.2) is 9.97 Å². The first-order chi connectivity index (χ1) is 4.18. The minimum absolute atomic E-state index is 0.118. The Morgan fingerprint density at radius 2 is 2.22 bits per heavy atom. The minimum Gasteiger partial charge on any atom is -0.760 e. The van der Waals surface area contributed by atoms with Crippen molar-refractivity contribution in [3.8, 4) is 0 Å². The van der Waals surface area contributed by atoms with Crippen LogP contribution >= 0.6 is 11.6 Å². The minimum atomic E-state index is 0.118. The first-order valence-corrected chi connectivity index (χ1v) is 2.94. The maximum Gasteiger partial charge on any atom is 0.219 e. The molecule has 48 valence electrons. The first-order valence-electron chi connectivity index (χ1n) is 2.15. The highest BCUT2D eigenvalue weighted by atomic mass is 35.5. The van der Waals surface area contributed by atoms with E-state index in [1.54, 1.807) is 0 Å². The average molecular weight is 161 g/mol. The molecule has 3 nitrogen and oxygen atoms in total. The molecule has 0 aliphatic heterocycles. The molecule has 0 unspecified atom stereocenters. The molecule has 5 heteroatoms. The van der Waals surface area contributed by atoms with Gasteiger partial charge in [0.05, 0.1) is 0 Å². The van der Waals surface area contributed by atoms with Gasteiger partial charge in [0, 0.05) is 0 Å². The summed E-state index contributed by atoms with van der Waals surface area (Å²) in [6.45, 7) is 0. The Balaban J connectivity index is 3.17. The molecule has 0 amide bonds. The van der Waals surface area contributed by atoms with Crippen LogP contribution in [0.2, 0.25) is 5.15 Å². The van der Waals surface area contributed by atoms with Crippen LogP contribution in [0.4, 0.5) is 5.95 Å². The molecule has 1 aromatic heterocycles. The Kier molecular flexibility index (Phi) is 1.68. The summed E-state index contributed by atoms with van der Waals surface area (Å²) in [4.78, 5) is 7.23. The number of hydrogen-bond donors (Lipinski definition) is 1. The van der Waals surface area contributed by atoms with Gasteiger partial charge in [0.25, 0.3) is 0 Å². The van der Waals surface area contributed by atoms with Crippen LogP contribution < -0.4 is 5.73 Å². The van der Waals surface area contributed by atoms with Crippen molar-refractivity contribution in [1.29, 1.82) is 0 Å². The fraction of sp³-hybridized carbons (Fsp3) is 0. The summed E-state index contributed by atoms with van der Waals surface area (Å²) in [6, 6.07) is 1.47. The predicted octanol–water partition coefficient (Wildman–Crippen LogP) is 0.618. The second-order valence-corrected chi connectivity index (χ2v) is 2.19. The quantitative estimate of drug-likeness (QED) is 0.447. The first kappa shape index (κ1) is 6.51. The molecule has 0 radical (unpaired) electrons. The van der Waals surface area contributed by atoms with Crippen molar-refractivity contribution in [1.82, 2.24) is 9.97 Å². The molecule has 0 saturated heterocycles. The van der Waals surface area contributed by atoms with E-state index in [0.29, 0.717) is 5.03 Å². The molecular weight excluding hydrogens is 158 g/mol. The van der Waals surface area contributed by atoms with E-state index in [9.17, 15) is 0 Å². The number of anilines is 1. The molecule has 2 N–H and O–H groups in total. The van der Waals surface area contributed by atoms with Crippen molar-refractivity contribution in [3.63, 3.8) is 0 Å². The van der Waals surface area contributed by atoms with E-state index in [1.807, 2.05) is 0 Å². The Bertz CT molecular complexity index is 177. The van der Waals surface area contributed by atoms with Crippen LogP contribution in [0.3, 0.4) is 0 Å². The highest BCUT2D eigenvalue weighted by Crippen LogP contribution is 2.06. The van der Waals surface area contributed by atoms with Gasteiger partial charge in [-0.15, -0.1) is 0 Å². The van der Waals surface area contributed by atoms with E-state index in [1.165, 1.54) is 6.07 Å². The van der Waals surface area contributed by atoms with Crippen molar-refractivity contribution in [2.24, 2.45) is 0 Å². The molecule has 0 spiro atoms. The number of nitrogen functional groups attached to an aromatic ring is 1. The lowest BCUT2D eigenvalue weighted by Gasteiger charge is -2.02. The van der Waals surface area contributed by atoms with Crippen molar-refractivity contribution in [2.75, 3.05) is 5.73 Å². The summed E-state index contributed by atoms with van der Waals surface area (Å²) in [5.41, 5.74) is 5.19. The molecule has 9 heavy (non-hydrogen) atoms. The van der Waals surface area contributed by atoms with Crippen LogP contribution in [0.5, 0.6) is 0 Å². The largest absolute Gasteiger partial charge is 0.760 e. The van der Waals surface area contributed by atoms with E-state index in [4.69, 9.17) is 17.3 Å². The molecule has 0 aromatic carbocycles. The van der Waals surface area contributed by atoms with Crippen LogP contribution in [-0.2, 0) is 12.6 Å². The van der Waals surface area contributed by atoms with Gasteiger partial charge in [-0.1, -0.05) is 16.6 Å². The van der Waals surface area contributed by atoms with Gasteiger partial charge in [0.15, 0.2) is 0 Å². The Labute approximate surface area is 62.7 Å². The van der Waals surface area contributed by atoms with Crippen molar-refractivity contribution >= 4 is 30.2 Å². The number of nitrogens with zero attached hydrogens (tertiary/aromatic N) is 2. The second-order valence-electron chi connectivity index (χ2n) is 1.39. The van der Waals surface area contributed by atoms with Gasteiger partial charge >= 0.3 is 0 Å². The summed E-state index contributed by atoms with van der Waals surface area (Å²) in [5, 5.41) is 0.653. The third-order valence-corrected chi connectivity index (χ3v) is 1.09. The lowest BCUT2D eigenvalue weighted by atomic mass is 10.7. The molecule has 0 aliphatic carbocycles. The Hall–Kier alpha value is -0.610. The van der Waals surface area contributed by atoms with Crippen molar-refractivity contribution in [3.05, 3.63) is 11.2 Å². The topological polar surface area (TPSA) is 51.8 Å². The van der Waals surface area contributed by atoms with Crippen LogP contribution in [0.15, 0.2) is 11.1 Å². The molecular formula is C4H3ClN3S-. The third-order valence-electron chi connectivity index (χ3n) is 0.689. The van der Waals surface area contributed by atoms with Gasteiger partial charge in [0.2, 0.25) is 5.95 Å². The zero-order valence-electron chi connectivity index (χ0n) is 4.34. The van der Waals surface area contributed by atoms with E-state index in [-0.39, 0.29) is 11.1 Å². The predicted molar refractivity (Wildman–Crippen MR) is 37.1 cm³/mol. The van der Waals surface area contributed by atoms with E-state index in [0.717, 1.165) is 0 Å². The normalized spacial score (nSPS) is 9.44. The summed E-state index contributed by atoms with van der Waals surface area (Å²) in [7, 11) is 0. The monoisotopic (exact) mass is 160 g/mol. The van der Waals surface area contributed by atoms with Gasteiger partial charge in [-0.2, -0.15) is 0 Å². The zero-order chi connectivity index (χ0) is 6.85. The molecule has 0 saturated carbocycles. The highest BCUT2D eigenvalue weighted by Gasteiger charge is 1.88. The van der Waals surface area contributed by atoms with Gasteiger partial charge in [0.1, 0.15) is 5.15 Å². The van der Waals surface area contributed by atoms with Crippen LogP contribution in [0, 0.1) is 0 Å². The summed E-state index contributed by atoms with van der Waals surface area (Å²) < 4.78 is 0. The van der Waals surface area contributed by atoms with Crippen LogP contribution in [0.1, 0.15) is 0 Å². The van der Waals surface area contributed by atoms with Crippen LogP contribution in [0.25, 0.3) is 0 Å². The molecule has 0 aliphatic rings. The SMILES string of the molecule is Nc1nc([S-])cc(Cl)n1. The zero-order valence-corrected chi connectivity index (χ0v) is 5.91. The molecule has 1 aromatic rings. The molecule has 1 rings (SSSR count). The summed E-state index contributed by atoms with van der Waals surface area (Å²) in [5.74, 6) is 0.118. The number of nitrogens with two attached hydrogens (primary N) is 1. The number of halogens is 1. The van der Waals surface area contributed by atoms with Gasteiger partial charge in [-0.25, -0.2) is 9.97 Å². The Morgan fingerprint density at radius 1 is 1.56 bits per heavy atom. The highest BCUT2D eigenvalue weighted by molar-refractivity contribution is 7.58. The molecule has 0 bridgehead atoms. The van der Waals surface area contributed by atoms with E-state index >= 15 is 0 Å². The maximum absolute atomic E-state index is 5.45. The second kappa shape index (κ2) is 2.33. The van der Waals surface area contributed by atoms with E-state index in [2.05, 4.69) is 22.6 Å². The number of hydrogen-bond acceptors (Lipinski definition) is 4. The number of rotatable bonds is 0. The Morgan fingerprint density at radius 3 is 2.67 bits per heavy atom. The van der Waals surface area contributed by atoms with Gasteiger partial charge in [-0.3, -0.25) is 0 Å². The van der Waals surface area contributed by atoms with Crippen molar-refractivity contribution in [2.45, 2.75) is 5.03 Å². The number of aromatic nitrogens is 2. The molecule has 0 fully saturated rings. The summed E-state index contributed by atoms with van der Waals surface area (Å²) in [6.07, 6.45) is 0. The lowest BCUT2D eigenvalue weighted by molar-refractivity contribution is 1.07. The lowest BCUT2D eigenvalue weighted by Crippen LogP contribution is -1.95. The molecule has 1 heterocycles. The van der Waals surface area contributed by atoms with E-state index < -0.39 is 0 Å². The summed E-state index contributed by atoms with van der Waals surface area (Å²) >= 11 is 10.1. The van der Waals surface area contributed by atoms with Gasteiger partial charge < -0.3 is 18.4 Å². The smallest absolute Gasteiger partial charge is 0.219 e. The maximum atomic E-state index is 5.45. The average Bonchev–Trinajstić information content (AvgIpc) is 1.59. The standard InChI is InChI=1S/C4H4ClN3S/c5-2-1-3(9)8-4(6)7-2/h1H,(H3,6,7,8,9)/p-1. The van der Waals surface area contributed by atoms with Gasteiger partial charge in [-0.05, 0) is 6.07 Å². The fourth-order valence-corrected chi connectivity index (χ4v) is 0.874. The van der Waals surface area contributed by atoms with Crippen molar-refractivity contribution < 1.29 is 0 Å². The molecule has 0 atom stereocenters. The fourth-order valence-electron chi connectivity index (χ4n) is 0.414. The third kappa shape index (κ3) is 1.65.